The van der Waals surface area contributed by atoms with Gasteiger partial charge in [-0.1, -0.05) is 19.3 Å². The third kappa shape index (κ3) is 3.08. The van der Waals surface area contributed by atoms with E-state index in [0.717, 1.165) is 6.04 Å². The maximum atomic E-state index is 4.49. The van der Waals surface area contributed by atoms with E-state index in [2.05, 4.69) is 15.7 Å². The first-order chi connectivity index (χ1) is 8.36. The Morgan fingerprint density at radius 3 is 2.76 bits per heavy atom. The molecule has 0 unspecified atom stereocenters. The van der Waals surface area contributed by atoms with Crippen LogP contribution in [0.25, 0.3) is 0 Å². The van der Waals surface area contributed by atoms with Crippen molar-refractivity contribution in [2.75, 3.05) is 6.54 Å². The predicted octanol–water partition coefficient (Wildman–Crippen LogP) is 3.39. The second-order valence-electron chi connectivity index (χ2n) is 5.82. The Balaban J connectivity index is 1.65. The normalized spacial score (nSPS) is 23.8. The van der Waals surface area contributed by atoms with Gasteiger partial charge in [-0.2, -0.15) is 0 Å². The number of hydrogen-bond donors (Lipinski definition) is 1. The molecule has 0 saturated heterocycles. The maximum absolute atomic E-state index is 4.49. The second kappa shape index (κ2) is 5.07. The molecule has 0 amide bonds. The summed E-state index contributed by atoms with van der Waals surface area (Å²) in [5, 5.41) is 7.21. The molecule has 1 heterocycles. The highest BCUT2D eigenvalue weighted by atomic mass is 32.1. The van der Waals surface area contributed by atoms with E-state index >= 15 is 0 Å². The van der Waals surface area contributed by atoms with Gasteiger partial charge in [-0.3, -0.25) is 0 Å². The van der Waals surface area contributed by atoms with Crippen LogP contribution in [0.15, 0.2) is 11.6 Å². The van der Waals surface area contributed by atoms with Gasteiger partial charge in [0.25, 0.3) is 0 Å². The Hall–Kier alpha value is -0.410. The summed E-state index contributed by atoms with van der Waals surface area (Å²) in [7, 11) is 0. The standard InChI is InChI=1S/C14H22N2S/c1-2-6-14(7-3-1,11-16-12-4-5-12)10-13-15-8-9-17-13/h8-9,12,16H,1-7,10-11H2. The topological polar surface area (TPSA) is 24.9 Å². The third-order valence-corrected chi connectivity index (χ3v) is 5.05. The van der Waals surface area contributed by atoms with Crippen molar-refractivity contribution in [3.63, 3.8) is 0 Å². The maximum Gasteiger partial charge on any atom is 0.0930 e. The number of nitrogens with zero attached hydrogens (tertiary/aromatic N) is 1. The zero-order valence-electron chi connectivity index (χ0n) is 10.5. The van der Waals surface area contributed by atoms with Crippen molar-refractivity contribution in [1.29, 1.82) is 0 Å². The van der Waals surface area contributed by atoms with E-state index in [1.807, 2.05) is 17.5 Å². The van der Waals surface area contributed by atoms with Crippen LogP contribution < -0.4 is 5.32 Å². The van der Waals surface area contributed by atoms with Crippen LogP contribution >= 0.6 is 11.3 Å². The molecule has 0 spiro atoms. The van der Waals surface area contributed by atoms with E-state index in [-0.39, 0.29) is 0 Å². The van der Waals surface area contributed by atoms with Gasteiger partial charge in [0.1, 0.15) is 0 Å². The fraction of sp³-hybridized carbons (Fsp3) is 0.786. The lowest BCUT2D eigenvalue weighted by molar-refractivity contribution is 0.180. The van der Waals surface area contributed by atoms with Gasteiger partial charge in [-0.25, -0.2) is 4.98 Å². The molecule has 1 aromatic rings. The highest BCUT2D eigenvalue weighted by Crippen LogP contribution is 2.39. The molecule has 2 saturated carbocycles. The van der Waals surface area contributed by atoms with Crippen LogP contribution in [0.3, 0.4) is 0 Å². The molecule has 3 rings (SSSR count). The van der Waals surface area contributed by atoms with Crippen LogP contribution in [0.1, 0.15) is 50.0 Å². The van der Waals surface area contributed by atoms with E-state index in [0.29, 0.717) is 5.41 Å². The number of thiazole rings is 1. The smallest absolute Gasteiger partial charge is 0.0930 e. The minimum absolute atomic E-state index is 0.513. The Morgan fingerprint density at radius 2 is 2.12 bits per heavy atom. The Bertz CT molecular complexity index is 337. The number of rotatable bonds is 5. The Morgan fingerprint density at radius 1 is 1.29 bits per heavy atom. The summed E-state index contributed by atoms with van der Waals surface area (Å²) in [5.41, 5.74) is 0.513. The molecule has 0 bridgehead atoms. The predicted molar refractivity (Wildman–Crippen MR) is 72.4 cm³/mol. The summed E-state index contributed by atoms with van der Waals surface area (Å²) in [5.74, 6) is 0. The van der Waals surface area contributed by atoms with E-state index in [1.165, 1.54) is 62.9 Å². The molecule has 1 N–H and O–H groups in total. The number of nitrogens with one attached hydrogen (secondary N) is 1. The van der Waals surface area contributed by atoms with Crippen LogP contribution in [-0.2, 0) is 6.42 Å². The van der Waals surface area contributed by atoms with E-state index < -0.39 is 0 Å². The monoisotopic (exact) mass is 250 g/mol. The molecule has 2 nitrogen and oxygen atoms in total. The van der Waals surface area contributed by atoms with Crippen molar-refractivity contribution in [1.82, 2.24) is 10.3 Å². The molecule has 94 valence electrons. The summed E-state index contributed by atoms with van der Waals surface area (Å²) in [6, 6.07) is 0.838. The third-order valence-electron chi connectivity index (χ3n) is 4.27. The van der Waals surface area contributed by atoms with Crippen molar-refractivity contribution in [3.8, 4) is 0 Å². The number of aromatic nitrogens is 1. The summed E-state index contributed by atoms with van der Waals surface area (Å²) in [6.07, 6.45) is 13.0. The first-order valence-electron chi connectivity index (χ1n) is 6.98. The molecule has 0 aliphatic heterocycles. The minimum Gasteiger partial charge on any atom is -0.313 e. The molecular formula is C14H22N2S. The van der Waals surface area contributed by atoms with Gasteiger partial charge >= 0.3 is 0 Å². The minimum atomic E-state index is 0.513. The molecule has 2 fully saturated rings. The molecule has 3 heteroatoms. The molecule has 1 aromatic heterocycles. The molecular weight excluding hydrogens is 228 g/mol. The highest BCUT2D eigenvalue weighted by Gasteiger charge is 2.34. The summed E-state index contributed by atoms with van der Waals surface area (Å²) in [4.78, 5) is 4.49. The molecule has 0 atom stereocenters. The SMILES string of the molecule is c1csc(CC2(CNC3CC3)CCCCC2)n1. The van der Waals surface area contributed by atoms with E-state index in [1.54, 1.807) is 0 Å². The van der Waals surface area contributed by atoms with Gasteiger partial charge in [0.05, 0.1) is 5.01 Å². The van der Waals surface area contributed by atoms with Crippen LogP contribution in [0.2, 0.25) is 0 Å². The average molecular weight is 250 g/mol. The zero-order chi connectivity index (χ0) is 11.6. The van der Waals surface area contributed by atoms with Crippen molar-refractivity contribution in [2.45, 2.75) is 57.4 Å². The second-order valence-corrected chi connectivity index (χ2v) is 6.80. The van der Waals surface area contributed by atoms with Gasteiger partial charge in [-0.15, -0.1) is 11.3 Å². The fourth-order valence-corrected chi connectivity index (χ4v) is 3.82. The molecule has 2 aliphatic rings. The highest BCUT2D eigenvalue weighted by molar-refractivity contribution is 7.09. The largest absolute Gasteiger partial charge is 0.313 e. The zero-order valence-corrected chi connectivity index (χ0v) is 11.3. The molecule has 2 aliphatic carbocycles. The van der Waals surface area contributed by atoms with Gasteiger partial charge < -0.3 is 5.32 Å². The lowest BCUT2D eigenvalue weighted by Crippen LogP contribution is -2.38. The summed E-state index contributed by atoms with van der Waals surface area (Å²) < 4.78 is 0. The first-order valence-corrected chi connectivity index (χ1v) is 7.86. The van der Waals surface area contributed by atoms with Crippen LogP contribution in [-0.4, -0.2) is 17.6 Å². The van der Waals surface area contributed by atoms with Gasteiger partial charge in [0, 0.05) is 30.6 Å². The van der Waals surface area contributed by atoms with Gasteiger partial charge in [-0.05, 0) is 31.1 Å². The van der Waals surface area contributed by atoms with Crippen molar-refractivity contribution >= 4 is 11.3 Å². The van der Waals surface area contributed by atoms with Crippen LogP contribution in [0.4, 0.5) is 0 Å². The molecule has 0 radical (unpaired) electrons. The molecule has 17 heavy (non-hydrogen) atoms. The van der Waals surface area contributed by atoms with Crippen LogP contribution in [0, 0.1) is 5.41 Å². The summed E-state index contributed by atoms with van der Waals surface area (Å²) >= 11 is 1.83. The first kappa shape index (κ1) is 11.7. The van der Waals surface area contributed by atoms with E-state index in [4.69, 9.17) is 0 Å². The Kier molecular flexibility index (Phi) is 3.48. The molecule has 0 aromatic carbocycles. The van der Waals surface area contributed by atoms with Crippen molar-refractivity contribution < 1.29 is 0 Å². The number of hydrogen-bond acceptors (Lipinski definition) is 3. The van der Waals surface area contributed by atoms with Crippen molar-refractivity contribution in [3.05, 3.63) is 16.6 Å². The van der Waals surface area contributed by atoms with Gasteiger partial charge in [0.15, 0.2) is 0 Å². The van der Waals surface area contributed by atoms with Gasteiger partial charge in [0.2, 0.25) is 0 Å². The van der Waals surface area contributed by atoms with Crippen molar-refractivity contribution in [2.24, 2.45) is 5.41 Å². The van der Waals surface area contributed by atoms with Crippen LogP contribution in [0.5, 0.6) is 0 Å². The lowest BCUT2D eigenvalue weighted by atomic mass is 9.72. The Labute approximate surface area is 108 Å². The summed E-state index contributed by atoms with van der Waals surface area (Å²) in [6.45, 7) is 1.22. The average Bonchev–Trinajstić information content (AvgIpc) is 3.06. The fourth-order valence-electron chi connectivity index (χ4n) is 3.03. The quantitative estimate of drug-likeness (QED) is 0.866. The van der Waals surface area contributed by atoms with E-state index in [9.17, 15) is 0 Å². The lowest BCUT2D eigenvalue weighted by Gasteiger charge is -2.37.